The highest BCUT2D eigenvalue weighted by atomic mass is 16.7. The van der Waals surface area contributed by atoms with Crippen LogP contribution >= 0.6 is 0 Å². The second-order valence-corrected chi connectivity index (χ2v) is 13.7. The number of esters is 1. The molecule has 2 fully saturated rings. The highest BCUT2D eigenvalue weighted by Gasteiger charge is 2.45. The summed E-state index contributed by atoms with van der Waals surface area (Å²) in [4.78, 5) is 41.0. The lowest BCUT2D eigenvalue weighted by Crippen LogP contribution is -2.56. The van der Waals surface area contributed by atoms with Crippen molar-refractivity contribution < 1.29 is 28.6 Å². The number of amides is 3. The minimum atomic E-state index is -0.837. The van der Waals surface area contributed by atoms with Crippen LogP contribution in [0.1, 0.15) is 144 Å². The maximum atomic E-state index is 13.3. The number of carbonyl (C=O) groups excluding carboxylic acids is 3. The van der Waals surface area contributed by atoms with Crippen LogP contribution in [0.15, 0.2) is 0 Å². The van der Waals surface area contributed by atoms with Crippen LogP contribution in [0.2, 0.25) is 0 Å². The lowest BCUT2D eigenvalue weighted by Gasteiger charge is -2.44. The topological polar surface area (TPSA) is 106 Å². The minimum absolute atomic E-state index is 0.0401. The number of hydrogen-bond donors (Lipinski definition) is 2. The van der Waals surface area contributed by atoms with Gasteiger partial charge >= 0.3 is 12.0 Å². The molecule has 2 N–H and O–H groups in total. The maximum absolute atomic E-state index is 13.3. The van der Waals surface area contributed by atoms with Gasteiger partial charge in [-0.3, -0.25) is 9.59 Å². The first-order valence-corrected chi connectivity index (χ1v) is 17.3. The Kier molecular flexibility index (Phi) is 16.9. The normalized spacial score (nSPS) is 22.6. The molecule has 0 radical (unpaired) electrons. The second kappa shape index (κ2) is 19.5. The summed E-state index contributed by atoms with van der Waals surface area (Å²) in [5.41, 5.74) is -0.480. The fraction of sp³-hybridized carbons (Fsp3) is 0.912. The van der Waals surface area contributed by atoms with Crippen LogP contribution in [0.5, 0.6) is 0 Å². The quantitative estimate of drug-likeness (QED) is 0.115. The highest BCUT2D eigenvalue weighted by Crippen LogP contribution is 2.35. The van der Waals surface area contributed by atoms with Crippen molar-refractivity contribution in [2.24, 2.45) is 5.41 Å². The summed E-state index contributed by atoms with van der Waals surface area (Å²) in [5, 5.41) is 5.99. The molecule has 0 aromatic rings. The van der Waals surface area contributed by atoms with E-state index >= 15 is 0 Å². The van der Waals surface area contributed by atoms with E-state index in [0.717, 1.165) is 51.4 Å². The Morgan fingerprint density at radius 1 is 0.814 bits per heavy atom. The van der Waals surface area contributed by atoms with Crippen LogP contribution in [0, 0.1) is 5.41 Å². The van der Waals surface area contributed by atoms with Gasteiger partial charge in [0.2, 0.25) is 5.91 Å². The molecular weight excluding hydrogens is 546 g/mol. The van der Waals surface area contributed by atoms with E-state index in [9.17, 15) is 14.4 Å². The molecule has 1 saturated carbocycles. The van der Waals surface area contributed by atoms with E-state index < -0.39 is 17.3 Å². The molecule has 3 amide bonds. The summed E-state index contributed by atoms with van der Waals surface area (Å²) in [6.45, 7) is 13.8. The zero-order chi connectivity index (χ0) is 31.7. The third kappa shape index (κ3) is 13.8. The van der Waals surface area contributed by atoms with Gasteiger partial charge in [0.1, 0.15) is 12.2 Å². The van der Waals surface area contributed by atoms with Crippen LogP contribution in [-0.4, -0.2) is 73.1 Å². The Morgan fingerprint density at radius 2 is 1.44 bits per heavy atom. The van der Waals surface area contributed by atoms with Gasteiger partial charge in [-0.1, -0.05) is 91.9 Å². The zero-order valence-corrected chi connectivity index (χ0v) is 28.3. The molecule has 43 heavy (non-hydrogen) atoms. The average Bonchev–Trinajstić information content (AvgIpc) is 3.40. The monoisotopic (exact) mass is 609 g/mol. The van der Waals surface area contributed by atoms with Crippen LogP contribution in [0.3, 0.4) is 0 Å². The summed E-state index contributed by atoms with van der Waals surface area (Å²) < 4.78 is 17.5. The standard InChI is InChI=1S/C34H63N3O6/c1-7-9-11-13-14-15-16-18-25-37(32(40)36-23-17-12-10-8-2)27-20-19-21-28(27)42-29(38)22-24-35-31(39)30-33(3,4)26-41-34(5,6)43-30/h27-28,30H,7-26H2,1-6H3,(H,35,39)(H,36,40). The van der Waals surface area contributed by atoms with Crippen molar-refractivity contribution in [3.05, 3.63) is 0 Å². The Bertz CT molecular complexity index is 833. The fourth-order valence-corrected chi connectivity index (χ4v) is 6.01. The van der Waals surface area contributed by atoms with Gasteiger partial charge < -0.3 is 29.7 Å². The Hall–Kier alpha value is -1.87. The largest absolute Gasteiger partial charge is 0.460 e. The number of hydrogen-bond acceptors (Lipinski definition) is 6. The van der Waals surface area contributed by atoms with Gasteiger partial charge in [-0.2, -0.15) is 0 Å². The van der Waals surface area contributed by atoms with Gasteiger partial charge in [0, 0.05) is 25.0 Å². The second-order valence-electron chi connectivity index (χ2n) is 13.7. The molecule has 9 nitrogen and oxygen atoms in total. The van der Waals surface area contributed by atoms with E-state index in [2.05, 4.69) is 24.5 Å². The zero-order valence-electron chi connectivity index (χ0n) is 28.3. The van der Waals surface area contributed by atoms with Crippen molar-refractivity contribution in [2.75, 3.05) is 26.2 Å². The first kappa shape index (κ1) is 37.3. The molecule has 0 spiro atoms. The van der Waals surface area contributed by atoms with Crippen LogP contribution < -0.4 is 10.6 Å². The van der Waals surface area contributed by atoms with Gasteiger partial charge in [0.15, 0.2) is 5.79 Å². The van der Waals surface area contributed by atoms with Crippen molar-refractivity contribution in [3.8, 4) is 0 Å². The van der Waals surface area contributed by atoms with Gasteiger partial charge in [-0.05, 0) is 46.0 Å². The number of urea groups is 1. The molecule has 1 aliphatic carbocycles. The SMILES string of the molecule is CCCCCCCCCCN(C(=O)NCCCCCC)C1CCCC1OC(=O)CCNC(=O)C1OC(C)(C)OCC1(C)C. The molecule has 1 heterocycles. The molecule has 2 rings (SSSR count). The minimum Gasteiger partial charge on any atom is -0.460 e. The van der Waals surface area contributed by atoms with Crippen molar-refractivity contribution in [2.45, 2.75) is 168 Å². The lowest BCUT2D eigenvalue weighted by molar-refractivity contribution is -0.304. The first-order chi connectivity index (χ1) is 20.5. The summed E-state index contributed by atoms with van der Waals surface area (Å²) >= 11 is 0. The number of carbonyl (C=O) groups is 3. The van der Waals surface area contributed by atoms with Gasteiger partial charge in [-0.15, -0.1) is 0 Å². The van der Waals surface area contributed by atoms with Crippen LogP contribution in [-0.2, 0) is 23.8 Å². The Morgan fingerprint density at radius 3 is 2.12 bits per heavy atom. The molecule has 9 heteroatoms. The molecule has 3 unspecified atom stereocenters. The van der Waals surface area contributed by atoms with Crippen LogP contribution in [0.25, 0.3) is 0 Å². The van der Waals surface area contributed by atoms with E-state index in [4.69, 9.17) is 14.2 Å². The molecule has 0 aromatic carbocycles. The first-order valence-electron chi connectivity index (χ1n) is 17.3. The molecule has 2 aliphatic rings. The van der Waals surface area contributed by atoms with Gasteiger partial charge in [-0.25, -0.2) is 4.79 Å². The van der Waals surface area contributed by atoms with E-state index in [1.165, 1.54) is 44.9 Å². The molecule has 1 saturated heterocycles. The smallest absolute Gasteiger partial charge is 0.317 e. The fourth-order valence-electron chi connectivity index (χ4n) is 6.01. The van der Waals surface area contributed by atoms with Crippen LogP contribution in [0.4, 0.5) is 4.79 Å². The summed E-state index contributed by atoms with van der Waals surface area (Å²) in [7, 11) is 0. The van der Waals surface area contributed by atoms with E-state index in [-0.39, 0.29) is 43.0 Å². The predicted molar refractivity (Wildman–Crippen MR) is 171 cm³/mol. The molecule has 3 atom stereocenters. The number of nitrogens with one attached hydrogen (secondary N) is 2. The van der Waals surface area contributed by atoms with Gasteiger partial charge in [0.25, 0.3) is 0 Å². The summed E-state index contributed by atoms with van der Waals surface area (Å²) in [5.74, 6) is -1.44. The summed E-state index contributed by atoms with van der Waals surface area (Å²) in [6, 6.07) is -0.154. The third-order valence-electron chi connectivity index (χ3n) is 8.69. The molecule has 1 aliphatic heterocycles. The number of nitrogens with zero attached hydrogens (tertiary/aromatic N) is 1. The number of ether oxygens (including phenoxy) is 3. The average molecular weight is 610 g/mol. The van der Waals surface area contributed by atoms with E-state index in [0.29, 0.717) is 19.7 Å². The lowest BCUT2D eigenvalue weighted by atomic mass is 9.85. The number of unbranched alkanes of at least 4 members (excludes halogenated alkanes) is 10. The summed E-state index contributed by atoms with van der Waals surface area (Å²) in [6.07, 6.45) is 15.7. The molecule has 0 aromatic heterocycles. The molecule has 250 valence electrons. The number of rotatable bonds is 20. The van der Waals surface area contributed by atoms with Crippen molar-refractivity contribution in [1.29, 1.82) is 0 Å². The van der Waals surface area contributed by atoms with Crippen molar-refractivity contribution >= 4 is 17.9 Å². The molecular formula is C34H63N3O6. The highest BCUT2D eigenvalue weighted by molar-refractivity contribution is 5.82. The Balaban J connectivity index is 1.87. The predicted octanol–water partition coefficient (Wildman–Crippen LogP) is 6.87. The van der Waals surface area contributed by atoms with Crippen molar-refractivity contribution in [1.82, 2.24) is 15.5 Å². The van der Waals surface area contributed by atoms with E-state index in [1.54, 1.807) is 13.8 Å². The van der Waals surface area contributed by atoms with E-state index in [1.807, 2.05) is 18.7 Å². The van der Waals surface area contributed by atoms with Gasteiger partial charge in [0.05, 0.1) is 19.1 Å². The third-order valence-corrected chi connectivity index (χ3v) is 8.69. The molecule has 0 bridgehead atoms. The maximum Gasteiger partial charge on any atom is 0.317 e. The van der Waals surface area contributed by atoms with Crippen molar-refractivity contribution in [3.63, 3.8) is 0 Å². The Labute approximate surface area is 261 Å².